The molecule has 1 aromatic rings. The van der Waals surface area contributed by atoms with E-state index in [-0.39, 0.29) is 0 Å². The third kappa shape index (κ3) is 1.73. The van der Waals surface area contributed by atoms with Crippen LogP contribution in [0.3, 0.4) is 0 Å². The van der Waals surface area contributed by atoms with E-state index in [2.05, 4.69) is 19.4 Å². The van der Waals surface area contributed by atoms with Crippen LogP contribution in [0.4, 0.5) is 0 Å². The van der Waals surface area contributed by atoms with Gasteiger partial charge in [-0.25, -0.2) is 9.78 Å². The molecular formula is C5H8N2O2S. The smallest absolute Gasteiger partial charge is 0.120 e. The van der Waals surface area contributed by atoms with E-state index in [0.29, 0.717) is 6.61 Å². The van der Waals surface area contributed by atoms with Gasteiger partial charge in [0.05, 0.1) is 17.7 Å². The average Bonchev–Trinajstić information content (AvgIpc) is 2.31. The van der Waals surface area contributed by atoms with Crippen LogP contribution < -0.4 is 0 Å². The highest BCUT2D eigenvalue weighted by Crippen LogP contribution is 2.09. The standard InChI is InChI=1S/C5H8N2O2S/c1-4-5(3-9-8-2)10-7-6-4/h3H2,1-2H3. The number of rotatable bonds is 3. The van der Waals surface area contributed by atoms with Crippen molar-refractivity contribution < 1.29 is 9.78 Å². The highest BCUT2D eigenvalue weighted by Gasteiger charge is 2.01. The molecule has 0 radical (unpaired) electrons. The van der Waals surface area contributed by atoms with Gasteiger partial charge in [-0.3, -0.25) is 0 Å². The first-order valence-corrected chi connectivity index (χ1v) is 3.55. The Hall–Kier alpha value is -0.520. The molecule has 1 rings (SSSR count). The molecule has 0 aliphatic heterocycles. The van der Waals surface area contributed by atoms with Crippen LogP contribution in [0.1, 0.15) is 10.6 Å². The molecular weight excluding hydrogens is 152 g/mol. The van der Waals surface area contributed by atoms with E-state index < -0.39 is 0 Å². The highest BCUT2D eigenvalue weighted by molar-refractivity contribution is 7.05. The third-order valence-electron chi connectivity index (χ3n) is 1.05. The largest absolute Gasteiger partial charge is 0.240 e. The quantitative estimate of drug-likeness (QED) is 0.487. The lowest BCUT2D eigenvalue weighted by Crippen LogP contribution is -1.89. The first-order valence-electron chi connectivity index (χ1n) is 2.78. The van der Waals surface area contributed by atoms with Crippen molar-refractivity contribution in [2.24, 2.45) is 0 Å². The van der Waals surface area contributed by atoms with E-state index in [1.807, 2.05) is 6.92 Å². The van der Waals surface area contributed by atoms with Gasteiger partial charge in [-0.2, -0.15) is 0 Å². The van der Waals surface area contributed by atoms with Crippen LogP contribution in [-0.4, -0.2) is 16.7 Å². The van der Waals surface area contributed by atoms with Gasteiger partial charge in [0.25, 0.3) is 0 Å². The Labute approximate surface area is 62.9 Å². The summed E-state index contributed by atoms with van der Waals surface area (Å²) in [5.41, 5.74) is 0.905. The number of aromatic nitrogens is 2. The van der Waals surface area contributed by atoms with Gasteiger partial charge in [-0.15, -0.1) is 5.10 Å². The Morgan fingerprint density at radius 2 is 2.40 bits per heavy atom. The molecule has 0 fully saturated rings. The van der Waals surface area contributed by atoms with Crippen molar-refractivity contribution in [1.82, 2.24) is 9.59 Å². The van der Waals surface area contributed by atoms with Crippen LogP contribution in [-0.2, 0) is 16.4 Å². The maximum atomic E-state index is 4.69. The Morgan fingerprint density at radius 1 is 1.60 bits per heavy atom. The van der Waals surface area contributed by atoms with E-state index >= 15 is 0 Å². The molecule has 0 aliphatic carbocycles. The molecule has 0 unspecified atom stereocenters. The van der Waals surface area contributed by atoms with Gasteiger partial charge in [-0.05, 0) is 18.5 Å². The van der Waals surface area contributed by atoms with Gasteiger partial charge in [0.15, 0.2) is 0 Å². The summed E-state index contributed by atoms with van der Waals surface area (Å²) in [5, 5.41) is 3.80. The van der Waals surface area contributed by atoms with Crippen molar-refractivity contribution in [1.29, 1.82) is 0 Å². The zero-order valence-electron chi connectivity index (χ0n) is 5.83. The summed E-state index contributed by atoms with van der Waals surface area (Å²) in [4.78, 5) is 10.1. The van der Waals surface area contributed by atoms with Crippen LogP contribution in [0.15, 0.2) is 0 Å². The third-order valence-corrected chi connectivity index (χ3v) is 1.85. The minimum absolute atomic E-state index is 0.431. The monoisotopic (exact) mass is 160 g/mol. The molecule has 0 spiro atoms. The molecule has 0 aliphatic rings. The topological polar surface area (TPSA) is 44.2 Å². The van der Waals surface area contributed by atoms with E-state index in [4.69, 9.17) is 0 Å². The van der Waals surface area contributed by atoms with Crippen molar-refractivity contribution in [3.8, 4) is 0 Å². The molecule has 0 aromatic carbocycles. The molecule has 0 N–H and O–H groups in total. The first kappa shape index (κ1) is 7.59. The van der Waals surface area contributed by atoms with Crippen LogP contribution in [0, 0.1) is 6.92 Å². The Balaban J connectivity index is 2.49. The van der Waals surface area contributed by atoms with Gasteiger partial charge >= 0.3 is 0 Å². The molecule has 0 saturated carbocycles. The molecule has 5 heteroatoms. The minimum atomic E-state index is 0.431. The molecule has 0 atom stereocenters. The Bertz CT molecular complexity index is 201. The summed E-state index contributed by atoms with van der Waals surface area (Å²) in [5.74, 6) is 0. The van der Waals surface area contributed by atoms with Gasteiger partial charge < -0.3 is 0 Å². The molecule has 0 saturated heterocycles. The summed E-state index contributed by atoms with van der Waals surface area (Å²) >= 11 is 1.32. The SMILES string of the molecule is COOCc1snnc1C. The van der Waals surface area contributed by atoms with Crippen LogP contribution in [0.5, 0.6) is 0 Å². The zero-order valence-corrected chi connectivity index (χ0v) is 6.64. The van der Waals surface area contributed by atoms with E-state index in [1.54, 1.807) is 0 Å². The van der Waals surface area contributed by atoms with Gasteiger partial charge in [0.2, 0.25) is 0 Å². The van der Waals surface area contributed by atoms with Crippen LogP contribution in [0.25, 0.3) is 0 Å². The number of hydrogen-bond acceptors (Lipinski definition) is 5. The summed E-state index contributed by atoms with van der Waals surface area (Å²) in [6.45, 7) is 2.32. The molecule has 10 heavy (non-hydrogen) atoms. The predicted octanol–water partition coefficient (Wildman–Crippen LogP) is 0.925. The van der Waals surface area contributed by atoms with Crippen molar-refractivity contribution in [2.45, 2.75) is 13.5 Å². The van der Waals surface area contributed by atoms with Crippen LogP contribution in [0.2, 0.25) is 0 Å². The van der Waals surface area contributed by atoms with Crippen molar-refractivity contribution >= 4 is 11.5 Å². The molecule has 4 nitrogen and oxygen atoms in total. The lowest BCUT2D eigenvalue weighted by atomic mass is 10.4. The predicted molar refractivity (Wildman–Crippen MR) is 36.4 cm³/mol. The van der Waals surface area contributed by atoms with E-state index in [9.17, 15) is 0 Å². The zero-order chi connectivity index (χ0) is 7.40. The Morgan fingerprint density at radius 3 is 2.90 bits per heavy atom. The lowest BCUT2D eigenvalue weighted by Gasteiger charge is -1.94. The summed E-state index contributed by atoms with van der Waals surface area (Å²) in [6.07, 6.45) is 0. The van der Waals surface area contributed by atoms with Crippen molar-refractivity contribution in [3.05, 3.63) is 10.6 Å². The number of hydrogen-bond donors (Lipinski definition) is 0. The van der Waals surface area contributed by atoms with Crippen molar-refractivity contribution in [2.75, 3.05) is 7.11 Å². The maximum Gasteiger partial charge on any atom is 0.120 e. The van der Waals surface area contributed by atoms with E-state index in [0.717, 1.165) is 10.6 Å². The number of aryl methyl sites for hydroxylation is 1. The van der Waals surface area contributed by atoms with Crippen LogP contribution >= 0.6 is 11.5 Å². The fourth-order valence-corrected chi connectivity index (χ4v) is 1.03. The second-order valence-corrected chi connectivity index (χ2v) is 2.55. The van der Waals surface area contributed by atoms with Gasteiger partial charge in [-0.1, -0.05) is 4.49 Å². The fraction of sp³-hybridized carbons (Fsp3) is 0.600. The molecule has 1 aromatic heterocycles. The van der Waals surface area contributed by atoms with Gasteiger partial charge in [0.1, 0.15) is 6.61 Å². The normalized spacial score (nSPS) is 10.2. The summed E-state index contributed by atoms with van der Waals surface area (Å²) in [6, 6.07) is 0. The summed E-state index contributed by atoms with van der Waals surface area (Å²) < 4.78 is 3.73. The first-order chi connectivity index (χ1) is 4.84. The fourth-order valence-electron chi connectivity index (χ4n) is 0.496. The average molecular weight is 160 g/mol. The second kappa shape index (κ2) is 3.60. The highest BCUT2D eigenvalue weighted by atomic mass is 32.1. The maximum absolute atomic E-state index is 4.69. The lowest BCUT2D eigenvalue weighted by molar-refractivity contribution is -0.281. The molecule has 0 bridgehead atoms. The Kier molecular flexibility index (Phi) is 2.73. The number of nitrogens with zero attached hydrogens (tertiary/aromatic N) is 2. The minimum Gasteiger partial charge on any atom is -0.240 e. The summed E-state index contributed by atoms with van der Waals surface area (Å²) in [7, 11) is 1.48. The van der Waals surface area contributed by atoms with E-state index in [1.165, 1.54) is 18.6 Å². The second-order valence-electron chi connectivity index (χ2n) is 1.71. The van der Waals surface area contributed by atoms with Crippen molar-refractivity contribution in [3.63, 3.8) is 0 Å². The molecule has 0 amide bonds. The molecule has 56 valence electrons. The molecule has 1 heterocycles. The van der Waals surface area contributed by atoms with Gasteiger partial charge in [0, 0.05) is 0 Å².